The van der Waals surface area contributed by atoms with Gasteiger partial charge in [-0.25, -0.2) is 0 Å². The molecule has 0 aromatic heterocycles. The van der Waals surface area contributed by atoms with E-state index in [0.29, 0.717) is 0 Å². The number of unbranched alkanes of at least 4 members (excludes halogenated alkanes) is 4. The SMILES string of the molecule is CN(C)C[C@@H](CC(=O)O)NCCCCCCCc1ccccc1. The highest BCUT2D eigenvalue weighted by molar-refractivity contribution is 5.67. The predicted molar refractivity (Wildman–Crippen MR) is 95.8 cm³/mol. The van der Waals surface area contributed by atoms with Crippen LogP contribution in [-0.2, 0) is 11.2 Å². The lowest BCUT2D eigenvalue weighted by Gasteiger charge is -2.20. The van der Waals surface area contributed by atoms with E-state index in [0.717, 1.165) is 19.5 Å². The van der Waals surface area contributed by atoms with Crippen molar-refractivity contribution in [2.24, 2.45) is 0 Å². The number of rotatable bonds is 13. The van der Waals surface area contributed by atoms with E-state index in [2.05, 4.69) is 35.6 Å². The Morgan fingerprint density at radius 2 is 1.74 bits per heavy atom. The molecule has 4 nitrogen and oxygen atoms in total. The van der Waals surface area contributed by atoms with Gasteiger partial charge >= 0.3 is 5.97 Å². The van der Waals surface area contributed by atoms with Gasteiger partial charge in [0, 0.05) is 12.6 Å². The number of carboxylic acids is 1. The molecule has 0 saturated carbocycles. The summed E-state index contributed by atoms with van der Waals surface area (Å²) in [5, 5.41) is 12.3. The van der Waals surface area contributed by atoms with E-state index in [4.69, 9.17) is 5.11 Å². The van der Waals surface area contributed by atoms with Crippen LogP contribution in [0.2, 0.25) is 0 Å². The fraction of sp³-hybridized carbons (Fsp3) is 0.632. The van der Waals surface area contributed by atoms with Crippen LogP contribution in [0.15, 0.2) is 30.3 Å². The lowest BCUT2D eigenvalue weighted by atomic mass is 10.1. The van der Waals surface area contributed by atoms with Crippen molar-refractivity contribution in [1.82, 2.24) is 10.2 Å². The molecule has 0 aliphatic rings. The summed E-state index contributed by atoms with van der Waals surface area (Å²) >= 11 is 0. The van der Waals surface area contributed by atoms with Gasteiger partial charge in [-0.15, -0.1) is 0 Å². The summed E-state index contributed by atoms with van der Waals surface area (Å²) in [7, 11) is 3.95. The average molecular weight is 320 g/mol. The van der Waals surface area contributed by atoms with Crippen molar-refractivity contribution in [2.75, 3.05) is 27.2 Å². The first-order valence-corrected chi connectivity index (χ1v) is 8.71. The molecule has 23 heavy (non-hydrogen) atoms. The van der Waals surface area contributed by atoms with Gasteiger partial charge < -0.3 is 15.3 Å². The molecule has 0 radical (unpaired) electrons. The number of carbonyl (C=O) groups is 1. The summed E-state index contributed by atoms with van der Waals surface area (Å²) in [4.78, 5) is 12.9. The van der Waals surface area contributed by atoms with Gasteiger partial charge in [0.25, 0.3) is 0 Å². The van der Waals surface area contributed by atoms with Crippen LogP contribution in [0.3, 0.4) is 0 Å². The maximum atomic E-state index is 10.9. The highest BCUT2D eigenvalue weighted by Crippen LogP contribution is 2.08. The number of hydrogen-bond acceptors (Lipinski definition) is 3. The van der Waals surface area contributed by atoms with Crippen LogP contribution in [0, 0.1) is 0 Å². The van der Waals surface area contributed by atoms with Crippen molar-refractivity contribution < 1.29 is 9.90 Å². The number of likely N-dealkylation sites (N-methyl/N-ethyl adjacent to an activating group) is 1. The molecule has 0 heterocycles. The van der Waals surface area contributed by atoms with Gasteiger partial charge in [0.15, 0.2) is 0 Å². The number of benzene rings is 1. The van der Waals surface area contributed by atoms with Crippen LogP contribution in [-0.4, -0.2) is 49.2 Å². The zero-order valence-corrected chi connectivity index (χ0v) is 14.6. The average Bonchev–Trinajstić information content (AvgIpc) is 2.49. The van der Waals surface area contributed by atoms with Gasteiger partial charge in [-0.05, 0) is 45.5 Å². The van der Waals surface area contributed by atoms with Gasteiger partial charge in [-0.2, -0.15) is 0 Å². The Morgan fingerprint density at radius 3 is 2.39 bits per heavy atom. The second-order valence-electron chi connectivity index (χ2n) is 6.51. The van der Waals surface area contributed by atoms with Crippen molar-refractivity contribution in [3.05, 3.63) is 35.9 Å². The van der Waals surface area contributed by atoms with Crippen molar-refractivity contribution in [2.45, 2.75) is 51.0 Å². The van der Waals surface area contributed by atoms with Crippen molar-refractivity contribution in [1.29, 1.82) is 0 Å². The third-order valence-electron chi connectivity index (χ3n) is 3.92. The van der Waals surface area contributed by atoms with E-state index >= 15 is 0 Å². The Bertz CT molecular complexity index is 421. The lowest BCUT2D eigenvalue weighted by molar-refractivity contribution is -0.137. The molecule has 0 aliphatic carbocycles. The third kappa shape index (κ3) is 10.9. The quantitative estimate of drug-likeness (QED) is 0.548. The fourth-order valence-corrected chi connectivity index (χ4v) is 2.79. The van der Waals surface area contributed by atoms with Crippen LogP contribution in [0.4, 0.5) is 0 Å². The van der Waals surface area contributed by atoms with Crippen molar-refractivity contribution in [3.63, 3.8) is 0 Å². The minimum Gasteiger partial charge on any atom is -0.481 e. The van der Waals surface area contributed by atoms with Crippen LogP contribution in [0.1, 0.15) is 44.1 Å². The molecular weight excluding hydrogens is 288 g/mol. The number of nitrogens with one attached hydrogen (secondary N) is 1. The molecule has 1 aromatic rings. The summed E-state index contributed by atoms with van der Waals surface area (Å²) in [6.07, 6.45) is 7.47. The van der Waals surface area contributed by atoms with Gasteiger partial charge in [-0.1, -0.05) is 49.6 Å². The van der Waals surface area contributed by atoms with E-state index in [1.165, 1.54) is 37.7 Å². The normalized spacial score (nSPS) is 12.5. The molecule has 0 fully saturated rings. The number of nitrogens with zero attached hydrogens (tertiary/aromatic N) is 1. The first-order valence-electron chi connectivity index (χ1n) is 8.71. The number of aryl methyl sites for hydroxylation is 1. The van der Waals surface area contributed by atoms with E-state index in [1.54, 1.807) is 0 Å². The monoisotopic (exact) mass is 320 g/mol. The topological polar surface area (TPSA) is 52.6 Å². The summed E-state index contributed by atoms with van der Waals surface area (Å²) < 4.78 is 0. The van der Waals surface area contributed by atoms with Crippen molar-refractivity contribution in [3.8, 4) is 0 Å². The molecule has 0 spiro atoms. The fourth-order valence-electron chi connectivity index (χ4n) is 2.79. The van der Waals surface area contributed by atoms with Gasteiger partial charge in [0.2, 0.25) is 0 Å². The molecule has 1 atom stereocenters. The second-order valence-corrected chi connectivity index (χ2v) is 6.51. The summed E-state index contributed by atoms with van der Waals surface area (Å²) in [5.41, 5.74) is 1.43. The van der Waals surface area contributed by atoms with Gasteiger partial charge in [0.05, 0.1) is 6.42 Å². The first kappa shape index (κ1) is 19.7. The van der Waals surface area contributed by atoms with Crippen LogP contribution in [0.5, 0.6) is 0 Å². The Morgan fingerprint density at radius 1 is 1.09 bits per heavy atom. The third-order valence-corrected chi connectivity index (χ3v) is 3.92. The maximum Gasteiger partial charge on any atom is 0.304 e. The van der Waals surface area contributed by atoms with Gasteiger partial charge in [0.1, 0.15) is 0 Å². The number of hydrogen-bond donors (Lipinski definition) is 2. The molecule has 0 aliphatic heterocycles. The smallest absolute Gasteiger partial charge is 0.304 e. The summed E-state index contributed by atoms with van der Waals surface area (Å²) in [6.45, 7) is 1.67. The highest BCUT2D eigenvalue weighted by atomic mass is 16.4. The molecule has 1 aromatic carbocycles. The molecule has 130 valence electrons. The van der Waals surface area contributed by atoms with E-state index in [1.807, 2.05) is 19.0 Å². The minimum absolute atomic E-state index is 0.0422. The molecular formula is C19H32N2O2. The number of aliphatic carboxylic acids is 1. The van der Waals surface area contributed by atoms with E-state index in [9.17, 15) is 4.79 Å². The Balaban J connectivity index is 2.01. The summed E-state index contributed by atoms with van der Waals surface area (Å²) in [6, 6.07) is 10.7. The molecule has 0 bridgehead atoms. The lowest BCUT2D eigenvalue weighted by Crippen LogP contribution is -2.40. The Labute approximate surface area is 140 Å². The van der Waals surface area contributed by atoms with Gasteiger partial charge in [-0.3, -0.25) is 4.79 Å². The second kappa shape index (κ2) is 12.1. The van der Waals surface area contributed by atoms with E-state index < -0.39 is 5.97 Å². The molecule has 0 unspecified atom stereocenters. The molecule has 4 heteroatoms. The molecule has 0 amide bonds. The van der Waals surface area contributed by atoms with Crippen molar-refractivity contribution >= 4 is 5.97 Å². The predicted octanol–water partition coefficient (Wildman–Crippen LogP) is 3.17. The minimum atomic E-state index is -0.731. The van der Waals surface area contributed by atoms with Crippen LogP contribution >= 0.6 is 0 Å². The largest absolute Gasteiger partial charge is 0.481 e. The van der Waals surface area contributed by atoms with Crippen LogP contribution in [0.25, 0.3) is 0 Å². The zero-order valence-electron chi connectivity index (χ0n) is 14.6. The first-order chi connectivity index (χ1) is 11.1. The molecule has 1 rings (SSSR count). The van der Waals surface area contributed by atoms with Crippen LogP contribution < -0.4 is 5.32 Å². The Hall–Kier alpha value is -1.39. The molecule has 0 saturated heterocycles. The van der Waals surface area contributed by atoms with E-state index in [-0.39, 0.29) is 12.5 Å². The summed E-state index contributed by atoms with van der Waals surface area (Å²) in [5.74, 6) is -0.731. The molecule has 2 N–H and O–H groups in total. The Kier molecular flexibility index (Phi) is 10.3. The highest BCUT2D eigenvalue weighted by Gasteiger charge is 2.12. The zero-order chi connectivity index (χ0) is 16.9. The number of carboxylic acid groups (broad SMARTS) is 1. The maximum absolute atomic E-state index is 10.9. The standard InChI is InChI=1S/C19H32N2O2/c1-21(2)16-18(15-19(22)23)20-14-10-5-3-4-7-11-17-12-8-6-9-13-17/h6,8-9,12-13,18,20H,3-5,7,10-11,14-16H2,1-2H3,(H,22,23)/t18-/m1/s1.